The molecule has 7 aromatic rings. The monoisotopic (exact) mass is 646 g/mol. The fraction of sp³-hybridized carbons (Fsp3) is 0.100. The third kappa shape index (κ3) is 4.94. The average Bonchev–Trinajstić information content (AvgIpc) is 3.63. The number of halogens is 3. The van der Waals surface area contributed by atoms with Gasteiger partial charge in [0.25, 0.3) is 0 Å². The molecule has 2 heterocycles. The van der Waals surface area contributed by atoms with Crippen LogP contribution in [0.15, 0.2) is 81.6 Å². The summed E-state index contributed by atoms with van der Waals surface area (Å²) >= 11 is 0. The molecule has 234 valence electrons. The lowest BCUT2D eigenvalue weighted by atomic mass is 9.96. The molecule has 0 saturated carbocycles. The number of fused-ring (bicyclic) bond motifs is 6. The van der Waals surface area contributed by atoms with Gasteiger partial charge in [-0.05, 0) is 85.0 Å². The Morgan fingerprint density at radius 2 is 0.939 bits per heavy atom. The van der Waals surface area contributed by atoms with Crippen molar-refractivity contribution in [2.45, 2.75) is 26.9 Å². The third-order valence-electron chi connectivity index (χ3n) is 8.57. The molecule has 9 heteroatoms. The fourth-order valence-corrected chi connectivity index (χ4v) is 6.63. The van der Waals surface area contributed by atoms with E-state index in [0.717, 1.165) is 34.4 Å². The molecule has 0 atom stereocenters. The molecule has 0 spiro atoms. The minimum atomic E-state index is -4.55. The summed E-state index contributed by atoms with van der Waals surface area (Å²) in [5.41, 5.74) is 4.53. The fourth-order valence-electron chi connectivity index (χ4n) is 6.63. The van der Waals surface area contributed by atoms with Crippen LogP contribution in [0.4, 0.5) is 13.2 Å². The standard InChI is InChI=1S/C40H21F3N4O2/c1-20-8-21(2)10-25(9-20)23-4-6-30-32(14-23)48-38-35(28(18-46)19-47)37-31-7-5-24(26-11-22(3)12-29(13-26)40(41,42)43)15-33(31)49-39(37)34(36(30)38)27(16-44)17-45/h4-15H,1-3H3. The van der Waals surface area contributed by atoms with Crippen molar-refractivity contribution in [2.75, 3.05) is 0 Å². The topological polar surface area (TPSA) is 121 Å². The van der Waals surface area contributed by atoms with E-state index < -0.39 is 11.7 Å². The molecule has 49 heavy (non-hydrogen) atoms. The van der Waals surface area contributed by atoms with E-state index in [9.17, 15) is 34.2 Å². The number of nitrogens with zero attached hydrogens (tertiary/aromatic N) is 4. The second kappa shape index (κ2) is 11.2. The highest BCUT2D eigenvalue weighted by atomic mass is 19.4. The molecule has 7 rings (SSSR count). The van der Waals surface area contributed by atoms with Crippen LogP contribution in [0.2, 0.25) is 0 Å². The van der Waals surface area contributed by atoms with E-state index in [1.807, 2.05) is 62.4 Å². The summed E-state index contributed by atoms with van der Waals surface area (Å²) in [4.78, 5) is 0. The first kappa shape index (κ1) is 30.8. The zero-order valence-corrected chi connectivity index (χ0v) is 26.2. The Kier molecular flexibility index (Phi) is 7.02. The van der Waals surface area contributed by atoms with Gasteiger partial charge in [0.1, 0.15) is 57.8 Å². The van der Waals surface area contributed by atoms with E-state index in [1.54, 1.807) is 37.3 Å². The van der Waals surface area contributed by atoms with E-state index in [4.69, 9.17) is 8.83 Å². The lowest BCUT2D eigenvalue weighted by Crippen LogP contribution is -2.16. The minimum absolute atomic E-state index is 0.0667. The van der Waals surface area contributed by atoms with Crippen LogP contribution in [0, 0.1) is 66.1 Å². The van der Waals surface area contributed by atoms with Crippen LogP contribution in [0.25, 0.3) is 77.3 Å². The molecule has 0 saturated heterocycles. The van der Waals surface area contributed by atoms with Gasteiger partial charge < -0.3 is 8.83 Å². The van der Waals surface area contributed by atoms with Gasteiger partial charge in [0.2, 0.25) is 0 Å². The number of hydrogen-bond donors (Lipinski definition) is 0. The second-order valence-electron chi connectivity index (χ2n) is 11.9. The number of rotatable bonds is 2. The average molecular weight is 647 g/mol. The van der Waals surface area contributed by atoms with E-state index in [0.29, 0.717) is 38.4 Å². The number of furan rings is 2. The Morgan fingerprint density at radius 1 is 0.531 bits per heavy atom. The zero-order valence-electron chi connectivity index (χ0n) is 26.2. The molecule has 0 radical (unpaired) electrons. The molecule has 0 unspecified atom stereocenters. The minimum Gasteiger partial charge on any atom is -0.455 e. The molecule has 0 aliphatic carbocycles. The number of alkyl halides is 3. The van der Waals surface area contributed by atoms with E-state index in [1.165, 1.54) is 0 Å². The van der Waals surface area contributed by atoms with Crippen molar-refractivity contribution in [3.8, 4) is 46.5 Å². The number of hydrogen-bond acceptors (Lipinski definition) is 6. The first-order valence-corrected chi connectivity index (χ1v) is 15.0. The highest BCUT2D eigenvalue weighted by Gasteiger charge is 2.31. The van der Waals surface area contributed by atoms with Crippen LogP contribution in [-0.2, 0) is 6.18 Å². The second-order valence-corrected chi connectivity index (χ2v) is 11.9. The first-order valence-electron chi connectivity index (χ1n) is 15.0. The normalized spacial score (nSPS) is 11.4. The van der Waals surface area contributed by atoms with Gasteiger partial charge in [-0.3, -0.25) is 0 Å². The number of aryl methyl sites for hydroxylation is 3. The molecule has 0 aliphatic rings. The van der Waals surface area contributed by atoms with Crippen molar-refractivity contribution in [1.29, 1.82) is 21.0 Å². The zero-order chi connectivity index (χ0) is 34.8. The van der Waals surface area contributed by atoms with Crippen LogP contribution >= 0.6 is 0 Å². The molecule has 0 N–H and O–H groups in total. The maximum atomic E-state index is 13.7. The molecule has 0 amide bonds. The number of nitriles is 4. The largest absolute Gasteiger partial charge is 0.455 e. The van der Waals surface area contributed by atoms with Crippen LogP contribution in [0.3, 0.4) is 0 Å². The molecule has 0 fully saturated rings. The van der Waals surface area contributed by atoms with Gasteiger partial charge >= 0.3 is 6.18 Å². The molecule has 2 aromatic heterocycles. The van der Waals surface area contributed by atoms with Crippen molar-refractivity contribution in [3.05, 3.63) is 105 Å². The Morgan fingerprint density at radius 3 is 1.35 bits per heavy atom. The molecule has 5 aromatic carbocycles. The highest BCUT2D eigenvalue weighted by molar-refractivity contribution is 6.18. The smallest absolute Gasteiger partial charge is 0.416 e. The van der Waals surface area contributed by atoms with Crippen molar-refractivity contribution < 1.29 is 22.0 Å². The highest BCUT2D eigenvalue weighted by Crippen LogP contribution is 2.37. The summed E-state index contributed by atoms with van der Waals surface area (Å²) in [6, 6.07) is 28.0. The van der Waals surface area contributed by atoms with Crippen molar-refractivity contribution in [2.24, 2.45) is 0 Å². The maximum Gasteiger partial charge on any atom is 0.416 e. The first-order chi connectivity index (χ1) is 23.4. The number of benzene rings is 5. The predicted molar refractivity (Wildman–Crippen MR) is 180 cm³/mol. The summed E-state index contributed by atoms with van der Waals surface area (Å²) in [5.74, 6) is 0. The van der Waals surface area contributed by atoms with Gasteiger partial charge in [0, 0.05) is 21.5 Å². The Hall–Kier alpha value is -6.81. The van der Waals surface area contributed by atoms with E-state index in [-0.39, 0.29) is 43.7 Å². The van der Waals surface area contributed by atoms with E-state index in [2.05, 4.69) is 6.07 Å². The Balaban J connectivity index is 1.64. The van der Waals surface area contributed by atoms with Gasteiger partial charge in [-0.25, -0.2) is 0 Å². The molecular weight excluding hydrogens is 625 g/mol. The van der Waals surface area contributed by atoms with Crippen molar-refractivity contribution in [3.63, 3.8) is 0 Å². The molecular formula is C40H21F3N4O2. The molecule has 6 nitrogen and oxygen atoms in total. The summed E-state index contributed by atoms with van der Waals surface area (Å²) in [6.07, 6.45) is -4.55. The van der Waals surface area contributed by atoms with Gasteiger partial charge in [-0.1, -0.05) is 47.5 Å². The van der Waals surface area contributed by atoms with Crippen molar-refractivity contribution >= 4 is 55.0 Å². The van der Waals surface area contributed by atoms with Gasteiger partial charge in [0.15, 0.2) is 0 Å². The lowest BCUT2D eigenvalue weighted by Gasteiger charge is -2.11. The summed E-state index contributed by atoms with van der Waals surface area (Å²) in [6.45, 7) is 5.57. The summed E-state index contributed by atoms with van der Waals surface area (Å²) in [5, 5.41) is 42.3. The van der Waals surface area contributed by atoms with Crippen LogP contribution < -0.4 is 10.4 Å². The summed E-state index contributed by atoms with van der Waals surface area (Å²) < 4.78 is 53.8. The maximum absolute atomic E-state index is 13.7. The van der Waals surface area contributed by atoms with Crippen LogP contribution in [-0.4, -0.2) is 0 Å². The van der Waals surface area contributed by atoms with E-state index >= 15 is 0 Å². The van der Waals surface area contributed by atoms with Crippen LogP contribution in [0.1, 0.15) is 22.3 Å². The quantitative estimate of drug-likeness (QED) is 0.185. The van der Waals surface area contributed by atoms with Gasteiger partial charge in [-0.2, -0.15) is 34.2 Å². The van der Waals surface area contributed by atoms with Crippen molar-refractivity contribution in [1.82, 2.24) is 0 Å². The molecule has 0 aliphatic heterocycles. The molecule has 0 bridgehead atoms. The third-order valence-corrected chi connectivity index (χ3v) is 8.57. The Labute approximate surface area is 276 Å². The SMILES string of the molecule is Cc1cc(C)cc(-c2ccc3c(c2)oc2c(=C(C#N)C#N)c4c(oc5cc(-c6cc(C)cc(C(F)(F)F)c6)ccc54)c(=C(C#N)C#N)c23)c1. The predicted octanol–water partition coefficient (Wildman–Crippen LogP) is 9.16. The Bertz CT molecular complexity index is 2810. The lowest BCUT2D eigenvalue weighted by molar-refractivity contribution is -0.137. The van der Waals surface area contributed by atoms with Crippen LogP contribution in [0.5, 0.6) is 0 Å². The van der Waals surface area contributed by atoms with Gasteiger partial charge in [0.05, 0.1) is 16.0 Å². The summed E-state index contributed by atoms with van der Waals surface area (Å²) in [7, 11) is 0. The van der Waals surface area contributed by atoms with Gasteiger partial charge in [-0.15, -0.1) is 0 Å².